The normalized spacial score (nSPS) is 12.3. The highest BCUT2D eigenvalue weighted by Gasteiger charge is 2.16. The molecule has 0 rings (SSSR count). The molecule has 0 aliphatic carbocycles. The molecule has 0 aromatic heterocycles. The van der Waals surface area contributed by atoms with Crippen molar-refractivity contribution >= 4 is 11.9 Å². The van der Waals surface area contributed by atoms with Crippen LogP contribution in [0, 0.1) is 0 Å². The summed E-state index contributed by atoms with van der Waals surface area (Å²) in [4.78, 5) is 24.3. The van der Waals surface area contributed by atoms with Crippen molar-refractivity contribution < 1.29 is 24.2 Å². The topological polar surface area (TPSA) is 72.8 Å². The smallest absolute Gasteiger partial charge is 0.306 e. The number of aliphatic hydroxyl groups is 1. The van der Waals surface area contributed by atoms with Crippen molar-refractivity contribution in [2.24, 2.45) is 0 Å². The zero-order valence-corrected chi connectivity index (χ0v) is 33.4. The minimum atomic E-state index is -0.787. The highest BCUT2D eigenvalue weighted by molar-refractivity contribution is 5.70. The molecule has 0 saturated carbocycles. The lowest BCUT2D eigenvalue weighted by Gasteiger charge is -2.15. The molecule has 0 aliphatic heterocycles. The maximum absolute atomic E-state index is 12.2. The minimum absolute atomic E-state index is 0.0770. The van der Waals surface area contributed by atoms with Gasteiger partial charge in [-0.05, 0) is 44.9 Å². The zero-order chi connectivity index (χ0) is 36.4. The van der Waals surface area contributed by atoms with E-state index in [0.29, 0.717) is 19.3 Å². The van der Waals surface area contributed by atoms with Gasteiger partial charge in [0, 0.05) is 12.8 Å². The van der Waals surface area contributed by atoms with Gasteiger partial charge in [-0.2, -0.15) is 0 Å². The van der Waals surface area contributed by atoms with E-state index in [0.717, 1.165) is 38.5 Å². The summed E-state index contributed by atoms with van der Waals surface area (Å²) in [6.07, 6.45) is 49.8. The van der Waals surface area contributed by atoms with Gasteiger partial charge in [0.2, 0.25) is 0 Å². The van der Waals surface area contributed by atoms with Crippen LogP contribution in [0.4, 0.5) is 0 Å². The number of hydrogen-bond acceptors (Lipinski definition) is 5. The number of hydrogen-bond donors (Lipinski definition) is 1. The van der Waals surface area contributed by atoms with E-state index in [1.807, 2.05) is 0 Å². The fourth-order valence-electron chi connectivity index (χ4n) is 6.40. The number of allylic oxidation sites excluding steroid dienone is 4. The molecule has 0 fully saturated rings. The molecular weight excluding hydrogens is 620 g/mol. The second kappa shape index (κ2) is 41.8. The fourth-order valence-corrected chi connectivity index (χ4v) is 6.40. The molecule has 0 amide bonds. The summed E-state index contributed by atoms with van der Waals surface area (Å²) in [6.45, 7) is 4.13. The standard InChI is InChI=1S/C45H84O5/c1-3-5-7-9-11-13-15-17-18-19-20-21-22-23-24-25-26-28-30-32-34-36-38-40-45(48)50-43(41-46)42-49-44(47)39-37-35-33-31-29-27-16-14-12-10-8-6-4-2/h25-26,32,34,43,46H,3-24,27-31,33,35-42H2,1-2H3/b26-25+,34-32+/t43-/m0/s1. The molecule has 1 N–H and O–H groups in total. The van der Waals surface area contributed by atoms with Crippen molar-refractivity contribution in [2.75, 3.05) is 13.2 Å². The molecule has 5 nitrogen and oxygen atoms in total. The Balaban J connectivity index is 3.55. The van der Waals surface area contributed by atoms with Crippen molar-refractivity contribution in [1.29, 1.82) is 0 Å². The van der Waals surface area contributed by atoms with Crippen LogP contribution in [0.15, 0.2) is 24.3 Å². The van der Waals surface area contributed by atoms with Gasteiger partial charge in [-0.3, -0.25) is 9.59 Å². The molecule has 0 bridgehead atoms. The number of carbonyl (C=O) groups is 2. The Hall–Kier alpha value is -1.62. The maximum Gasteiger partial charge on any atom is 0.306 e. The second-order valence-electron chi connectivity index (χ2n) is 14.8. The molecule has 0 unspecified atom stereocenters. The lowest BCUT2D eigenvalue weighted by atomic mass is 10.0. The molecule has 294 valence electrons. The fraction of sp³-hybridized carbons (Fsp3) is 0.867. The number of esters is 2. The Morgan fingerprint density at radius 1 is 0.440 bits per heavy atom. The molecule has 50 heavy (non-hydrogen) atoms. The van der Waals surface area contributed by atoms with Crippen LogP contribution in [0.1, 0.15) is 232 Å². The Morgan fingerprint density at radius 3 is 1.20 bits per heavy atom. The molecular formula is C45H84O5. The largest absolute Gasteiger partial charge is 0.462 e. The first kappa shape index (κ1) is 48.4. The van der Waals surface area contributed by atoms with Crippen molar-refractivity contribution in [2.45, 2.75) is 238 Å². The summed E-state index contributed by atoms with van der Waals surface area (Å²) in [5.41, 5.74) is 0. The van der Waals surface area contributed by atoms with Gasteiger partial charge in [0.15, 0.2) is 6.10 Å². The predicted octanol–water partition coefficient (Wildman–Crippen LogP) is 13.8. The van der Waals surface area contributed by atoms with Crippen LogP contribution in [0.25, 0.3) is 0 Å². The summed E-state index contributed by atoms with van der Waals surface area (Å²) in [5.74, 6) is -0.631. The van der Waals surface area contributed by atoms with E-state index in [2.05, 4.69) is 38.2 Å². The number of aliphatic hydroxyl groups excluding tert-OH is 1. The molecule has 0 spiro atoms. The van der Waals surface area contributed by atoms with Gasteiger partial charge in [0.25, 0.3) is 0 Å². The lowest BCUT2D eigenvalue weighted by molar-refractivity contribution is -0.161. The number of unbranched alkanes of at least 4 members (excludes halogenated alkanes) is 28. The van der Waals surface area contributed by atoms with Crippen molar-refractivity contribution in [1.82, 2.24) is 0 Å². The number of carbonyl (C=O) groups excluding carboxylic acids is 2. The van der Waals surface area contributed by atoms with Crippen LogP contribution in [0.5, 0.6) is 0 Å². The van der Waals surface area contributed by atoms with E-state index in [1.165, 1.54) is 161 Å². The minimum Gasteiger partial charge on any atom is -0.462 e. The van der Waals surface area contributed by atoms with E-state index >= 15 is 0 Å². The Kier molecular flexibility index (Phi) is 40.4. The molecule has 0 aromatic rings. The van der Waals surface area contributed by atoms with Crippen LogP contribution < -0.4 is 0 Å². The van der Waals surface area contributed by atoms with Gasteiger partial charge in [0.05, 0.1) is 6.61 Å². The van der Waals surface area contributed by atoms with E-state index in [4.69, 9.17) is 9.47 Å². The third kappa shape index (κ3) is 39.2. The lowest BCUT2D eigenvalue weighted by Crippen LogP contribution is -2.28. The van der Waals surface area contributed by atoms with Gasteiger partial charge >= 0.3 is 11.9 Å². The molecule has 5 heteroatoms. The average molecular weight is 705 g/mol. The summed E-state index contributed by atoms with van der Waals surface area (Å²) in [5, 5.41) is 9.56. The van der Waals surface area contributed by atoms with Crippen LogP contribution in [-0.4, -0.2) is 36.4 Å². The van der Waals surface area contributed by atoms with Gasteiger partial charge in [-0.25, -0.2) is 0 Å². The van der Waals surface area contributed by atoms with Crippen LogP contribution in [0.3, 0.4) is 0 Å². The van der Waals surface area contributed by atoms with E-state index in [-0.39, 0.29) is 25.2 Å². The Morgan fingerprint density at radius 2 is 0.780 bits per heavy atom. The van der Waals surface area contributed by atoms with Gasteiger partial charge in [-0.15, -0.1) is 0 Å². The van der Waals surface area contributed by atoms with Gasteiger partial charge < -0.3 is 14.6 Å². The van der Waals surface area contributed by atoms with E-state index in [1.54, 1.807) is 0 Å². The quantitative estimate of drug-likeness (QED) is 0.0390. The molecule has 0 aromatic carbocycles. The predicted molar refractivity (Wildman–Crippen MR) is 215 cm³/mol. The highest BCUT2D eigenvalue weighted by Crippen LogP contribution is 2.15. The van der Waals surface area contributed by atoms with Crippen molar-refractivity contribution in [3.8, 4) is 0 Å². The van der Waals surface area contributed by atoms with Crippen molar-refractivity contribution in [3.05, 3.63) is 24.3 Å². The summed E-state index contributed by atoms with van der Waals surface area (Å²) in [7, 11) is 0. The van der Waals surface area contributed by atoms with Gasteiger partial charge in [0.1, 0.15) is 6.61 Å². The third-order valence-electron chi connectivity index (χ3n) is 9.73. The van der Waals surface area contributed by atoms with Crippen molar-refractivity contribution in [3.63, 3.8) is 0 Å². The summed E-state index contributed by atoms with van der Waals surface area (Å²) < 4.78 is 10.6. The molecule has 1 atom stereocenters. The zero-order valence-electron chi connectivity index (χ0n) is 33.4. The SMILES string of the molecule is CCCCCCCCCCCCCCCC/C=C/CC/C=C/CCCC(=O)O[C@@H](CO)COC(=O)CCCCCCCCCCCCCCC. The van der Waals surface area contributed by atoms with E-state index < -0.39 is 6.10 Å². The molecule has 0 radical (unpaired) electrons. The number of rotatable bonds is 40. The molecule has 0 saturated heterocycles. The van der Waals surface area contributed by atoms with Crippen LogP contribution >= 0.6 is 0 Å². The summed E-state index contributed by atoms with van der Waals surface area (Å²) in [6, 6.07) is 0. The van der Waals surface area contributed by atoms with Crippen LogP contribution in [-0.2, 0) is 19.1 Å². The highest BCUT2D eigenvalue weighted by atomic mass is 16.6. The molecule has 0 heterocycles. The Labute approximate surface area is 311 Å². The Bertz CT molecular complexity index is 761. The third-order valence-corrected chi connectivity index (χ3v) is 9.73. The maximum atomic E-state index is 12.2. The van der Waals surface area contributed by atoms with Gasteiger partial charge in [-0.1, -0.05) is 199 Å². The second-order valence-corrected chi connectivity index (χ2v) is 14.8. The first-order valence-corrected chi connectivity index (χ1v) is 21.9. The summed E-state index contributed by atoms with van der Waals surface area (Å²) >= 11 is 0. The number of ether oxygens (including phenoxy) is 2. The first-order chi connectivity index (χ1) is 24.6. The van der Waals surface area contributed by atoms with E-state index in [9.17, 15) is 14.7 Å². The van der Waals surface area contributed by atoms with Crippen LogP contribution in [0.2, 0.25) is 0 Å². The first-order valence-electron chi connectivity index (χ1n) is 21.9. The average Bonchev–Trinajstić information content (AvgIpc) is 3.12. The monoisotopic (exact) mass is 705 g/mol. The molecule has 0 aliphatic rings.